The first-order valence-electron chi connectivity index (χ1n) is 8.12. The summed E-state index contributed by atoms with van der Waals surface area (Å²) in [5.74, 6) is 1.06. The average molecular weight is 331 g/mol. The van der Waals surface area contributed by atoms with Gasteiger partial charge in [0.25, 0.3) is 0 Å². The van der Waals surface area contributed by atoms with Crippen LogP contribution in [0.2, 0.25) is 0 Å². The molecule has 1 N–H and O–H groups in total. The highest BCUT2D eigenvalue weighted by Crippen LogP contribution is 2.24. The number of carbonyl (C=O) groups is 2. The largest absolute Gasteiger partial charge is 0.339 e. The fourth-order valence-corrected chi connectivity index (χ4v) is 3.83. The number of halogens is 1. The van der Waals surface area contributed by atoms with Gasteiger partial charge in [-0.1, -0.05) is 0 Å². The summed E-state index contributed by atoms with van der Waals surface area (Å²) in [5.41, 5.74) is 0. The summed E-state index contributed by atoms with van der Waals surface area (Å²) < 4.78 is 0. The maximum atomic E-state index is 12.4. The maximum Gasteiger partial charge on any atom is 0.236 e. The number of nitrogens with zero attached hydrogens (tertiary/aromatic N) is 3. The fraction of sp³-hybridized carbons (Fsp3) is 0.867. The van der Waals surface area contributed by atoms with Gasteiger partial charge in [-0.15, -0.1) is 12.4 Å². The van der Waals surface area contributed by atoms with E-state index in [1.165, 1.54) is 6.42 Å². The minimum atomic E-state index is 0. The molecular formula is C15H27ClN4O2. The van der Waals surface area contributed by atoms with Crippen LogP contribution in [0.5, 0.6) is 0 Å². The van der Waals surface area contributed by atoms with Gasteiger partial charge < -0.3 is 15.1 Å². The predicted octanol–water partition coefficient (Wildman–Crippen LogP) is -0.217. The van der Waals surface area contributed by atoms with Crippen LogP contribution in [0.15, 0.2) is 0 Å². The summed E-state index contributed by atoms with van der Waals surface area (Å²) in [4.78, 5) is 29.8. The van der Waals surface area contributed by atoms with Crippen LogP contribution in [-0.2, 0) is 9.59 Å². The molecular weight excluding hydrogens is 304 g/mol. The zero-order valence-corrected chi connectivity index (χ0v) is 14.1. The fourth-order valence-electron chi connectivity index (χ4n) is 3.83. The number of carbonyl (C=O) groups excluding carboxylic acids is 2. The lowest BCUT2D eigenvalue weighted by Crippen LogP contribution is -2.53. The van der Waals surface area contributed by atoms with E-state index in [1.807, 2.05) is 9.80 Å². The van der Waals surface area contributed by atoms with Crippen LogP contribution in [0, 0.1) is 5.92 Å². The van der Waals surface area contributed by atoms with Gasteiger partial charge in [0.05, 0.1) is 6.54 Å². The van der Waals surface area contributed by atoms with E-state index < -0.39 is 0 Å². The van der Waals surface area contributed by atoms with Crippen LogP contribution in [-0.4, -0.2) is 84.9 Å². The lowest BCUT2D eigenvalue weighted by Gasteiger charge is -2.38. The van der Waals surface area contributed by atoms with Gasteiger partial charge >= 0.3 is 0 Å². The second-order valence-electron chi connectivity index (χ2n) is 6.52. The number of piperazine rings is 1. The summed E-state index contributed by atoms with van der Waals surface area (Å²) in [7, 11) is 0. The molecule has 3 aliphatic heterocycles. The van der Waals surface area contributed by atoms with E-state index in [-0.39, 0.29) is 24.2 Å². The summed E-state index contributed by atoms with van der Waals surface area (Å²) in [6.07, 6.45) is 2.41. The molecule has 2 atom stereocenters. The van der Waals surface area contributed by atoms with Crippen molar-refractivity contribution in [2.75, 3.05) is 52.4 Å². The highest BCUT2D eigenvalue weighted by Gasteiger charge is 2.33. The van der Waals surface area contributed by atoms with Crippen molar-refractivity contribution in [3.63, 3.8) is 0 Å². The van der Waals surface area contributed by atoms with Crippen LogP contribution in [0.25, 0.3) is 0 Å². The van der Waals surface area contributed by atoms with Crippen LogP contribution >= 0.6 is 12.4 Å². The molecule has 2 amide bonds. The Morgan fingerprint density at radius 2 is 1.73 bits per heavy atom. The molecule has 7 heteroatoms. The molecule has 3 fully saturated rings. The third kappa shape index (κ3) is 3.91. The molecule has 0 radical (unpaired) electrons. The number of hydrogen-bond acceptors (Lipinski definition) is 4. The predicted molar refractivity (Wildman–Crippen MR) is 87.0 cm³/mol. The van der Waals surface area contributed by atoms with E-state index >= 15 is 0 Å². The molecule has 0 saturated carbocycles. The van der Waals surface area contributed by atoms with Gasteiger partial charge in [-0.2, -0.15) is 0 Å². The highest BCUT2D eigenvalue weighted by atomic mass is 35.5. The maximum absolute atomic E-state index is 12.4. The van der Waals surface area contributed by atoms with E-state index in [2.05, 4.69) is 10.2 Å². The molecule has 22 heavy (non-hydrogen) atoms. The van der Waals surface area contributed by atoms with Crippen LogP contribution in [0.3, 0.4) is 0 Å². The minimum Gasteiger partial charge on any atom is -0.339 e. The second-order valence-corrected chi connectivity index (χ2v) is 6.52. The monoisotopic (exact) mass is 330 g/mol. The van der Waals surface area contributed by atoms with E-state index in [0.29, 0.717) is 38.8 Å². The molecule has 3 rings (SSSR count). The number of likely N-dealkylation sites (tertiary alicyclic amines) is 1. The average Bonchev–Trinajstić information content (AvgIpc) is 2.95. The summed E-state index contributed by atoms with van der Waals surface area (Å²) in [5, 5.41) is 3.55. The molecule has 126 valence electrons. The van der Waals surface area contributed by atoms with Crippen molar-refractivity contribution in [2.45, 2.75) is 25.8 Å². The molecule has 0 bridgehead atoms. The van der Waals surface area contributed by atoms with E-state index in [1.54, 1.807) is 6.92 Å². The molecule has 0 aromatic carbocycles. The van der Waals surface area contributed by atoms with Gasteiger partial charge in [0, 0.05) is 52.2 Å². The zero-order valence-electron chi connectivity index (χ0n) is 13.3. The van der Waals surface area contributed by atoms with Gasteiger partial charge in [-0.3, -0.25) is 14.5 Å². The molecule has 3 aliphatic rings. The molecule has 0 aromatic heterocycles. The molecule has 2 unspecified atom stereocenters. The zero-order chi connectivity index (χ0) is 14.8. The van der Waals surface area contributed by atoms with Crippen molar-refractivity contribution in [2.24, 2.45) is 5.92 Å². The van der Waals surface area contributed by atoms with Crippen molar-refractivity contribution in [1.29, 1.82) is 0 Å². The first-order valence-corrected chi connectivity index (χ1v) is 8.12. The summed E-state index contributed by atoms with van der Waals surface area (Å²) in [6, 6.07) is 0.676. The van der Waals surface area contributed by atoms with Gasteiger partial charge in [0.15, 0.2) is 0 Å². The molecule has 3 saturated heterocycles. The molecule has 0 aromatic rings. The first kappa shape index (κ1) is 17.5. The first-order chi connectivity index (χ1) is 10.1. The summed E-state index contributed by atoms with van der Waals surface area (Å²) >= 11 is 0. The van der Waals surface area contributed by atoms with Crippen molar-refractivity contribution >= 4 is 24.2 Å². The van der Waals surface area contributed by atoms with Crippen LogP contribution in [0.1, 0.15) is 19.8 Å². The second kappa shape index (κ2) is 7.62. The Kier molecular flexibility index (Phi) is 6.06. The van der Waals surface area contributed by atoms with Crippen molar-refractivity contribution in [3.05, 3.63) is 0 Å². The third-order valence-electron chi connectivity index (χ3n) is 5.18. The summed E-state index contributed by atoms with van der Waals surface area (Å²) in [6.45, 7) is 8.06. The number of rotatable bonds is 2. The van der Waals surface area contributed by atoms with E-state index in [9.17, 15) is 9.59 Å². The Balaban J connectivity index is 0.00000176. The minimum absolute atomic E-state index is 0. The molecule has 3 heterocycles. The van der Waals surface area contributed by atoms with Gasteiger partial charge in [-0.05, 0) is 25.3 Å². The van der Waals surface area contributed by atoms with Crippen molar-refractivity contribution in [1.82, 2.24) is 20.0 Å². The molecule has 0 spiro atoms. The standard InChI is InChI=1S/C15H26N4O2.ClH/c1-12(20)18-6-8-19(9-7-18)15(21)11-17-5-3-14-13(10-17)2-4-16-14;/h13-14,16H,2-11H2,1H3;1H. The van der Waals surface area contributed by atoms with Gasteiger partial charge in [-0.25, -0.2) is 0 Å². The normalized spacial score (nSPS) is 29.0. The number of fused-ring (bicyclic) bond motifs is 1. The smallest absolute Gasteiger partial charge is 0.236 e. The highest BCUT2D eigenvalue weighted by molar-refractivity contribution is 5.85. The molecule has 0 aliphatic carbocycles. The number of hydrogen-bond donors (Lipinski definition) is 1. The Morgan fingerprint density at radius 1 is 1.05 bits per heavy atom. The quantitative estimate of drug-likeness (QED) is 0.761. The van der Waals surface area contributed by atoms with Crippen molar-refractivity contribution < 1.29 is 9.59 Å². The lowest BCUT2D eigenvalue weighted by molar-refractivity contribution is -0.139. The van der Waals surface area contributed by atoms with E-state index in [0.717, 1.165) is 32.0 Å². The Bertz CT molecular complexity index is 412. The van der Waals surface area contributed by atoms with E-state index in [4.69, 9.17) is 0 Å². The topological polar surface area (TPSA) is 55.9 Å². The Hall–Kier alpha value is -0.850. The number of amides is 2. The van der Waals surface area contributed by atoms with Gasteiger partial charge in [0.2, 0.25) is 11.8 Å². The van der Waals surface area contributed by atoms with Crippen LogP contribution in [0.4, 0.5) is 0 Å². The Morgan fingerprint density at radius 3 is 2.41 bits per heavy atom. The lowest BCUT2D eigenvalue weighted by atomic mass is 9.93. The third-order valence-corrected chi connectivity index (χ3v) is 5.18. The van der Waals surface area contributed by atoms with Crippen molar-refractivity contribution in [3.8, 4) is 0 Å². The SMILES string of the molecule is CC(=O)N1CCN(C(=O)CN2CCC3NCCC3C2)CC1.Cl. The van der Waals surface area contributed by atoms with Crippen LogP contribution < -0.4 is 5.32 Å². The number of nitrogens with one attached hydrogen (secondary N) is 1. The molecule has 6 nitrogen and oxygen atoms in total. The number of piperidine rings is 1. The Labute approximate surface area is 138 Å². The van der Waals surface area contributed by atoms with Gasteiger partial charge in [0.1, 0.15) is 0 Å².